The molecule has 1 N–H and O–H groups in total. The van der Waals surface area contributed by atoms with Crippen LogP contribution in [0.4, 0.5) is 0 Å². The monoisotopic (exact) mass is 297 g/mol. The number of hydrogen-bond acceptors (Lipinski definition) is 1. The molecule has 0 spiro atoms. The third kappa shape index (κ3) is 4.15. The smallest absolute Gasteiger partial charge is 0.234 e. The van der Waals surface area contributed by atoms with Crippen molar-refractivity contribution in [2.45, 2.75) is 38.1 Å². The van der Waals surface area contributed by atoms with Crippen molar-refractivity contribution < 1.29 is 4.79 Å². The molecule has 0 bridgehead atoms. The highest BCUT2D eigenvalue weighted by Crippen LogP contribution is 2.22. The van der Waals surface area contributed by atoms with Crippen LogP contribution in [-0.4, -0.2) is 10.7 Å². The molecule has 3 heteroatoms. The number of carbonyl (C=O) groups is 1. The summed E-state index contributed by atoms with van der Waals surface area (Å²) in [5.74, 6) is 0.438. The average Bonchev–Trinajstić information content (AvgIpc) is 2.35. The molecule has 2 nitrogen and oxygen atoms in total. The molecule has 0 radical (unpaired) electrons. The molecular weight excluding hydrogens is 278 g/mol. The fraction of sp³-hybridized carbons (Fsp3) is 0.500. The maximum absolute atomic E-state index is 11.9. The molecule has 94 valence electrons. The van der Waals surface area contributed by atoms with Crippen LogP contribution in [-0.2, 0) is 4.79 Å². The molecule has 17 heavy (non-hydrogen) atoms. The standard InChI is InChI=1S/C14H20BrNO/c1-4-12(15)14(17)16-13(10(2)3)11-8-6-5-7-9-11/h5-10,12-13H,4H2,1-3H3,(H,16,17). The minimum atomic E-state index is -0.104. The van der Waals surface area contributed by atoms with E-state index in [1.165, 1.54) is 0 Å². The molecule has 0 heterocycles. The van der Waals surface area contributed by atoms with E-state index >= 15 is 0 Å². The van der Waals surface area contributed by atoms with Crippen molar-refractivity contribution in [1.29, 1.82) is 0 Å². The minimum absolute atomic E-state index is 0.0649. The van der Waals surface area contributed by atoms with Crippen LogP contribution in [0.5, 0.6) is 0 Å². The Balaban J connectivity index is 2.78. The van der Waals surface area contributed by atoms with Crippen molar-refractivity contribution in [2.24, 2.45) is 5.92 Å². The third-order valence-corrected chi connectivity index (χ3v) is 3.83. The van der Waals surface area contributed by atoms with Crippen LogP contribution >= 0.6 is 15.9 Å². The zero-order chi connectivity index (χ0) is 12.8. The summed E-state index contributed by atoms with van der Waals surface area (Å²) in [4.78, 5) is 11.8. The lowest BCUT2D eigenvalue weighted by Crippen LogP contribution is -2.36. The van der Waals surface area contributed by atoms with E-state index < -0.39 is 0 Å². The van der Waals surface area contributed by atoms with Crippen LogP contribution in [0, 0.1) is 5.92 Å². The van der Waals surface area contributed by atoms with Crippen molar-refractivity contribution in [2.75, 3.05) is 0 Å². The van der Waals surface area contributed by atoms with Gasteiger partial charge >= 0.3 is 0 Å². The van der Waals surface area contributed by atoms with E-state index in [1.807, 2.05) is 25.1 Å². The number of rotatable bonds is 5. The molecular formula is C14H20BrNO. The minimum Gasteiger partial charge on any atom is -0.348 e. The summed E-state index contributed by atoms with van der Waals surface area (Å²) in [5, 5.41) is 3.10. The second-order valence-electron chi connectivity index (χ2n) is 4.52. The van der Waals surface area contributed by atoms with Crippen LogP contribution in [0.15, 0.2) is 30.3 Å². The van der Waals surface area contributed by atoms with Gasteiger partial charge in [-0.05, 0) is 17.9 Å². The van der Waals surface area contributed by atoms with Gasteiger partial charge in [0.25, 0.3) is 0 Å². The van der Waals surface area contributed by atoms with Crippen LogP contribution in [0.25, 0.3) is 0 Å². The fourth-order valence-electron chi connectivity index (χ4n) is 1.72. The number of nitrogens with one attached hydrogen (secondary N) is 1. The summed E-state index contributed by atoms with van der Waals surface area (Å²) in [6, 6.07) is 10.2. The van der Waals surface area contributed by atoms with Crippen molar-refractivity contribution >= 4 is 21.8 Å². The number of alkyl halides is 1. The van der Waals surface area contributed by atoms with Gasteiger partial charge in [-0.2, -0.15) is 0 Å². The first kappa shape index (κ1) is 14.2. The summed E-state index contributed by atoms with van der Waals surface area (Å²) in [6.45, 7) is 6.23. The van der Waals surface area contributed by atoms with Gasteiger partial charge in [-0.3, -0.25) is 4.79 Å². The molecule has 0 saturated carbocycles. The predicted octanol–water partition coefficient (Wildman–Crippen LogP) is 3.67. The van der Waals surface area contributed by atoms with Crippen molar-refractivity contribution in [3.05, 3.63) is 35.9 Å². The van der Waals surface area contributed by atoms with E-state index in [1.54, 1.807) is 0 Å². The number of benzene rings is 1. The highest BCUT2D eigenvalue weighted by molar-refractivity contribution is 9.10. The zero-order valence-electron chi connectivity index (χ0n) is 10.6. The Morgan fingerprint density at radius 2 is 1.88 bits per heavy atom. The van der Waals surface area contributed by atoms with Gasteiger partial charge < -0.3 is 5.32 Å². The topological polar surface area (TPSA) is 29.1 Å². The van der Waals surface area contributed by atoms with E-state index in [0.29, 0.717) is 5.92 Å². The van der Waals surface area contributed by atoms with Crippen molar-refractivity contribution in [3.63, 3.8) is 0 Å². The zero-order valence-corrected chi connectivity index (χ0v) is 12.2. The van der Waals surface area contributed by atoms with E-state index in [9.17, 15) is 4.79 Å². The summed E-state index contributed by atoms with van der Waals surface area (Å²) < 4.78 is 0. The number of hydrogen-bond donors (Lipinski definition) is 1. The molecule has 2 atom stereocenters. The first-order valence-corrected chi connectivity index (χ1v) is 6.97. The third-order valence-electron chi connectivity index (χ3n) is 2.77. The lowest BCUT2D eigenvalue weighted by molar-refractivity contribution is -0.121. The summed E-state index contributed by atoms with van der Waals surface area (Å²) in [6.07, 6.45) is 0.797. The molecule has 0 aromatic heterocycles. The Morgan fingerprint density at radius 1 is 1.29 bits per heavy atom. The Morgan fingerprint density at radius 3 is 2.35 bits per heavy atom. The SMILES string of the molecule is CCC(Br)C(=O)NC(c1ccccc1)C(C)C. The molecule has 1 amide bonds. The fourth-order valence-corrected chi connectivity index (χ4v) is 1.86. The van der Waals surface area contributed by atoms with Crippen molar-refractivity contribution in [1.82, 2.24) is 5.32 Å². The van der Waals surface area contributed by atoms with Gasteiger partial charge in [0.2, 0.25) is 5.91 Å². The van der Waals surface area contributed by atoms with E-state index in [4.69, 9.17) is 0 Å². The lowest BCUT2D eigenvalue weighted by Gasteiger charge is -2.24. The summed E-state index contributed by atoms with van der Waals surface area (Å²) >= 11 is 3.38. The second kappa shape index (κ2) is 6.80. The van der Waals surface area contributed by atoms with Gasteiger partial charge in [0, 0.05) is 0 Å². The molecule has 0 fully saturated rings. The maximum Gasteiger partial charge on any atom is 0.234 e. The van der Waals surface area contributed by atoms with E-state index in [0.717, 1.165) is 12.0 Å². The molecule has 0 aliphatic heterocycles. The first-order chi connectivity index (χ1) is 8.06. The lowest BCUT2D eigenvalue weighted by atomic mass is 9.96. The average molecular weight is 298 g/mol. The molecule has 0 aliphatic carbocycles. The predicted molar refractivity (Wildman–Crippen MR) is 75.2 cm³/mol. The normalized spacial score (nSPS) is 14.4. The second-order valence-corrected chi connectivity index (χ2v) is 5.62. The summed E-state index contributed by atoms with van der Waals surface area (Å²) in [7, 11) is 0. The Hall–Kier alpha value is -0.830. The number of carbonyl (C=O) groups excluding carboxylic acids is 1. The molecule has 0 saturated heterocycles. The molecule has 2 unspecified atom stereocenters. The summed E-state index contributed by atoms with van der Waals surface area (Å²) in [5.41, 5.74) is 1.16. The van der Waals surface area contributed by atoms with Gasteiger partial charge in [0.15, 0.2) is 0 Å². The molecule has 1 aromatic rings. The Kier molecular flexibility index (Phi) is 5.69. The highest BCUT2D eigenvalue weighted by Gasteiger charge is 2.21. The molecule has 0 aliphatic rings. The van der Waals surface area contributed by atoms with Crippen LogP contribution < -0.4 is 5.32 Å². The van der Waals surface area contributed by atoms with Gasteiger partial charge in [-0.25, -0.2) is 0 Å². The molecule has 1 aromatic carbocycles. The van der Waals surface area contributed by atoms with Crippen LogP contribution in [0.3, 0.4) is 0 Å². The Labute approximate surface area is 112 Å². The number of halogens is 1. The maximum atomic E-state index is 11.9. The van der Waals surface area contributed by atoms with Gasteiger partial charge in [0.1, 0.15) is 0 Å². The highest BCUT2D eigenvalue weighted by atomic mass is 79.9. The van der Waals surface area contributed by atoms with Crippen molar-refractivity contribution in [3.8, 4) is 0 Å². The van der Waals surface area contributed by atoms with Crippen LogP contribution in [0.1, 0.15) is 38.8 Å². The number of amides is 1. The largest absolute Gasteiger partial charge is 0.348 e. The first-order valence-electron chi connectivity index (χ1n) is 6.05. The van der Waals surface area contributed by atoms with E-state index in [2.05, 4.69) is 47.2 Å². The Bertz CT molecular complexity index is 350. The van der Waals surface area contributed by atoms with Gasteiger partial charge in [0.05, 0.1) is 10.9 Å². The quantitative estimate of drug-likeness (QED) is 0.826. The van der Waals surface area contributed by atoms with Crippen LogP contribution in [0.2, 0.25) is 0 Å². The molecule has 1 rings (SSSR count). The van der Waals surface area contributed by atoms with E-state index in [-0.39, 0.29) is 16.8 Å². The van der Waals surface area contributed by atoms with Gasteiger partial charge in [-0.15, -0.1) is 0 Å². The van der Waals surface area contributed by atoms with Gasteiger partial charge in [-0.1, -0.05) is 67.0 Å².